The second-order valence-corrected chi connectivity index (χ2v) is 14.7. The third-order valence-corrected chi connectivity index (χ3v) is 10.2. The highest BCUT2D eigenvalue weighted by Gasteiger charge is 2.43. The monoisotopic (exact) mass is 890 g/mol. The number of benzene rings is 2. The van der Waals surface area contributed by atoms with Crippen LogP contribution in [0.1, 0.15) is 39.4 Å². The summed E-state index contributed by atoms with van der Waals surface area (Å²) >= 11 is 3.41. The average molecular weight is 892 g/mol. The number of likely N-dealkylation sites (tertiary alicyclic amines) is 2. The van der Waals surface area contributed by atoms with Gasteiger partial charge in [0.2, 0.25) is 23.0 Å². The zero-order valence-electron chi connectivity index (χ0n) is 33.3. The van der Waals surface area contributed by atoms with Crippen LogP contribution in [0.4, 0.5) is 0 Å². The minimum Gasteiger partial charge on any atom is -0.481 e. The molecule has 2 aliphatic heterocycles. The lowest BCUT2D eigenvalue weighted by Crippen LogP contribution is -2.37. The van der Waals surface area contributed by atoms with Crippen LogP contribution in [0.3, 0.4) is 0 Å². The summed E-state index contributed by atoms with van der Waals surface area (Å²) in [6.07, 6.45) is 5.57. The van der Waals surface area contributed by atoms with Crippen LogP contribution in [0.15, 0.2) is 77.3 Å². The van der Waals surface area contributed by atoms with E-state index in [1.807, 2.05) is 24.3 Å². The smallest absolute Gasteiger partial charge is 0.269 e. The van der Waals surface area contributed by atoms with Crippen molar-refractivity contribution in [2.75, 3.05) is 41.4 Å². The maximum atomic E-state index is 12.1. The molecule has 4 amide bonds. The predicted octanol–water partition coefficient (Wildman–Crippen LogP) is 1.98. The van der Waals surface area contributed by atoms with Gasteiger partial charge in [0.1, 0.15) is 0 Å². The van der Waals surface area contributed by atoms with Crippen molar-refractivity contribution in [3.8, 4) is 47.3 Å². The molecule has 2 aromatic carbocycles. The lowest BCUT2D eigenvalue weighted by molar-refractivity contribution is -0.138. The molecule has 4 aromatic heterocycles. The molecule has 61 heavy (non-hydrogen) atoms. The molecule has 6 aromatic rings. The van der Waals surface area contributed by atoms with Crippen molar-refractivity contribution in [3.63, 3.8) is 0 Å². The fourth-order valence-corrected chi connectivity index (χ4v) is 6.75. The first-order valence-electron chi connectivity index (χ1n) is 18.3. The maximum Gasteiger partial charge on any atom is 0.269 e. The van der Waals surface area contributed by atoms with E-state index in [9.17, 15) is 29.4 Å². The number of amides is 4. The number of primary amides is 2. The Morgan fingerprint density at radius 1 is 0.754 bits per heavy atom. The average Bonchev–Trinajstić information content (AvgIpc) is 3.99. The van der Waals surface area contributed by atoms with Crippen molar-refractivity contribution in [1.82, 2.24) is 39.3 Å². The SMILES string of the molecule is C#C[C@]1(O)CCN(C)C1=O.COc1ccc2c(C(N)=O)nn(-c3cccc(Br)c3)c2n1.COc1ccc2c(C(N)=O)nn(-c3cccc(C#C[C@]4(O)CCN(C)C4=O)c3)c2n1. The van der Waals surface area contributed by atoms with E-state index in [0.29, 0.717) is 64.6 Å². The van der Waals surface area contributed by atoms with Gasteiger partial charge in [0, 0.05) is 62.2 Å². The molecule has 6 N–H and O–H groups in total. The number of terminal acetylenes is 1. The fraction of sp³-hybridized carbons (Fsp3) is 0.238. The number of carbonyl (C=O) groups excluding carboxylic acids is 4. The predicted molar refractivity (Wildman–Crippen MR) is 226 cm³/mol. The van der Waals surface area contributed by atoms with Crippen molar-refractivity contribution in [1.29, 1.82) is 0 Å². The Bertz CT molecular complexity index is 2820. The molecule has 2 fully saturated rings. The summed E-state index contributed by atoms with van der Waals surface area (Å²) in [7, 11) is 6.27. The highest BCUT2D eigenvalue weighted by Crippen LogP contribution is 2.27. The Labute approximate surface area is 357 Å². The zero-order chi connectivity index (χ0) is 44.2. The van der Waals surface area contributed by atoms with Crippen LogP contribution in [0.5, 0.6) is 11.8 Å². The van der Waals surface area contributed by atoms with E-state index < -0.39 is 28.9 Å². The molecule has 18 nitrogen and oxygen atoms in total. The number of rotatable bonds is 6. The molecular formula is C42H39BrN10O8. The first-order valence-corrected chi connectivity index (χ1v) is 19.1. The standard InChI is InChI=1S/C21H19N5O4.C14H11BrN4O2.C7H9NO2/c1-25-11-10-21(29,20(25)28)9-8-13-4-3-5-14(12-13)26-19-15(17(24-26)18(22)27)6-7-16(23-19)30-2;1-21-11-6-5-10-12(13(16)20)18-19(14(10)17-11)9-4-2-3-8(15)7-9;1-3-7(10)4-5-8(2)6(7)9/h3-7,12,29H,10-11H2,1-2H3,(H2,22,27);2-7H,1H3,(H2,16,20);1,10H,4-5H2,2H3/t21-;;7-/m0.0/s1. The number of halogens is 1. The number of pyridine rings is 2. The van der Waals surface area contributed by atoms with Crippen LogP contribution < -0.4 is 20.9 Å². The number of aliphatic hydroxyl groups is 2. The Morgan fingerprint density at radius 3 is 1.64 bits per heavy atom. The summed E-state index contributed by atoms with van der Waals surface area (Å²) < 4.78 is 14.3. The highest BCUT2D eigenvalue weighted by atomic mass is 79.9. The normalized spacial score (nSPS) is 18.1. The number of ether oxygens (including phenoxy) is 2. The van der Waals surface area contributed by atoms with Crippen LogP contribution in [-0.2, 0) is 9.59 Å². The molecule has 2 saturated heterocycles. The second kappa shape index (κ2) is 17.5. The third-order valence-electron chi connectivity index (χ3n) is 9.71. The van der Waals surface area contributed by atoms with Crippen LogP contribution in [-0.4, -0.2) is 126 Å². The molecule has 2 aliphatic rings. The van der Waals surface area contributed by atoms with Gasteiger partial charge in [-0.05, 0) is 48.5 Å². The summed E-state index contributed by atoms with van der Waals surface area (Å²) in [5.74, 6) is 6.39. The molecule has 312 valence electrons. The summed E-state index contributed by atoms with van der Waals surface area (Å²) in [6.45, 7) is 0.992. The number of methoxy groups -OCH3 is 2. The topological polar surface area (TPSA) is 247 Å². The first kappa shape index (κ1) is 43.3. The summed E-state index contributed by atoms with van der Waals surface area (Å²) in [5.41, 5.74) is 10.8. The molecule has 0 spiro atoms. The number of hydrogen-bond acceptors (Lipinski definition) is 12. The summed E-state index contributed by atoms with van der Waals surface area (Å²) in [6, 6.07) is 21.2. The summed E-state index contributed by atoms with van der Waals surface area (Å²) in [5, 5.41) is 29.5. The van der Waals surface area contributed by atoms with Gasteiger partial charge in [-0.2, -0.15) is 20.2 Å². The number of likely N-dealkylation sites (N-methyl/N-ethyl adjacent to an activating group) is 2. The number of fused-ring (bicyclic) bond motifs is 2. The first-order chi connectivity index (χ1) is 29.0. The zero-order valence-corrected chi connectivity index (χ0v) is 34.9. The maximum absolute atomic E-state index is 12.1. The van der Waals surface area contributed by atoms with E-state index in [1.165, 1.54) is 28.7 Å². The van der Waals surface area contributed by atoms with Crippen LogP contribution in [0.2, 0.25) is 0 Å². The lowest BCUT2D eigenvalue weighted by Gasteiger charge is -2.13. The van der Waals surface area contributed by atoms with Gasteiger partial charge in [-0.25, -0.2) is 9.36 Å². The quantitative estimate of drug-likeness (QED) is 0.176. The van der Waals surface area contributed by atoms with Gasteiger partial charge in [-0.3, -0.25) is 19.2 Å². The number of carbonyl (C=O) groups is 4. The van der Waals surface area contributed by atoms with Crippen molar-refractivity contribution < 1.29 is 38.9 Å². The van der Waals surface area contributed by atoms with E-state index >= 15 is 0 Å². The molecule has 0 radical (unpaired) electrons. The van der Waals surface area contributed by atoms with Gasteiger partial charge < -0.3 is 41.0 Å². The molecule has 0 aliphatic carbocycles. The number of hydrogen-bond donors (Lipinski definition) is 4. The van der Waals surface area contributed by atoms with Gasteiger partial charge in [0.25, 0.3) is 23.6 Å². The van der Waals surface area contributed by atoms with E-state index in [4.69, 9.17) is 27.4 Å². The van der Waals surface area contributed by atoms with Gasteiger partial charge in [0.15, 0.2) is 22.7 Å². The van der Waals surface area contributed by atoms with Gasteiger partial charge >= 0.3 is 0 Å². The third kappa shape index (κ3) is 8.85. The fourth-order valence-electron chi connectivity index (χ4n) is 6.36. The van der Waals surface area contributed by atoms with Crippen LogP contribution in [0.25, 0.3) is 33.4 Å². The minimum absolute atomic E-state index is 0.0885. The number of nitrogens with zero attached hydrogens (tertiary/aromatic N) is 8. The van der Waals surface area contributed by atoms with Gasteiger partial charge in [-0.15, -0.1) is 6.42 Å². The minimum atomic E-state index is -1.68. The largest absolute Gasteiger partial charge is 0.481 e. The van der Waals surface area contributed by atoms with Crippen molar-refractivity contribution >= 4 is 61.6 Å². The Hall–Kier alpha value is -7.32. The van der Waals surface area contributed by atoms with E-state index in [1.54, 1.807) is 67.3 Å². The van der Waals surface area contributed by atoms with Gasteiger partial charge in [0.05, 0.1) is 36.4 Å². The Kier molecular flexibility index (Phi) is 12.4. The van der Waals surface area contributed by atoms with Crippen LogP contribution in [0, 0.1) is 24.2 Å². The molecule has 2 atom stereocenters. The molecule has 0 saturated carbocycles. The molecule has 6 heterocycles. The Morgan fingerprint density at radius 2 is 1.23 bits per heavy atom. The number of nitrogens with two attached hydrogens (primary N) is 2. The van der Waals surface area contributed by atoms with Crippen molar-refractivity contribution in [2.45, 2.75) is 24.0 Å². The van der Waals surface area contributed by atoms with E-state index in [-0.39, 0.29) is 23.7 Å². The van der Waals surface area contributed by atoms with Gasteiger partial charge in [-0.1, -0.05) is 45.8 Å². The van der Waals surface area contributed by atoms with E-state index in [0.717, 1.165) is 10.2 Å². The van der Waals surface area contributed by atoms with Crippen LogP contribution >= 0.6 is 15.9 Å². The summed E-state index contributed by atoms with van der Waals surface area (Å²) in [4.78, 5) is 58.1. The molecule has 19 heteroatoms. The molecular weight excluding hydrogens is 852 g/mol. The number of aromatic nitrogens is 6. The second-order valence-electron chi connectivity index (χ2n) is 13.8. The molecule has 8 rings (SSSR count). The lowest BCUT2D eigenvalue weighted by atomic mass is 10.0. The van der Waals surface area contributed by atoms with Crippen molar-refractivity contribution in [2.24, 2.45) is 11.5 Å². The van der Waals surface area contributed by atoms with E-state index in [2.05, 4.69) is 53.9 Å². The molecule has 0 bridgehead atoms. The highest BCUT2D eigenvalue weighted by molar-refractivity contribution is 9.10. The van der Waals surface area contributed by atoms with Crippen molar-refractivity contribution in [3.05, 3.63) is 94.2 Å². The Balaban J connectivity index is 0.000000173. The molecule has 0 unspecified atom stereocenters.